The Balaban J connectivity index is 1.85. The van der Waals surface area contributed by atoms with Gasteiger partial charge in [-0.05, 0) is 48.4 Å². The van der Waals surface area contributed by atoms with Crippen LogP contribution in [0.25, 0.3) is 0 Å². The third-order valence-corrected chi connectivity index (χ3v) is 6.01. The lowest BCUT2D eigenvalue weighted by atomic mass is 9.75. The average molecular weight is 330 g/mol. The molecule has 130 valence electrons. The van der Waals surface area contributed by atoms with E-state index < -0.39 is 5.54 Å². The summed E-state index contributed by atoms with van der Waals surface area (Å²) >= 11 is 0. The van der Waals surface area contributed by atoms with E-state index in [1.807, 2.05) is 12.1 Å². The number of aryl methyl sites for hydroxylation is 1. The second-order valence-electron chi connectivity index (χ2n) is 7.73. The molecule has 0 spiro atoms. The summed E-state index contributed by atoms with van der Waals surface area (Å²) in [5.41, 5.74) is 1.80. The van der Waals surface area contributed by atoms with Gasteiger partial charge in [0.15, 0.2) is 0 Å². The summed E-state index contributed by atoms with van der Waals surface area (Å²) in [5, 5.41) is 13.1. The van der Waals surface area contributed by atoms with Crippen LogP contribution in [0.15, 0.2) is 18.2 Å². The molecule has 1 aromatic carbocycles. The number of aliphatic hydroxyl groups excluding tert-OH is 1. The Morgan fingerprint density at radius 3 is 2.67 bits per heavy atom. The molecule has 1 aromatic rings. The van der Waals surface area contributed by atoms with Gasteiger partial charge >= 0.3 is 0 Å². The van der Waals surface area contributed by atoms with Gasteiger partial charge < -0.3 is 15.3 Å². The molecule has 1 aliphatic heterocycles. The number of nitrogens with zero attached hydrogens (tertiary/aromatic N) is 1. The summed E-state index contributed by atoms with van der Waals surface area (Å²) < 4.78 is 0. The van der Waals surface area contributed by atoms with Crippen LogP contribution in [0.4, 0.5) is 5.69 Å². The van der Waals surface area contributed by atoms with Crippen molar-refractivity contribution in [1.29, 1.82) is 0 Å². The Morgan fingerprint density at radius 1 is 1.29 bits per heavy atom. The van der Waals surface area contributed by atoms with Crippen LogP contribution in [0.2, 0.25) is 0 Å². The highest BCUT2D eigenvalue weighted by atomic mass is 16.3. The molecule has 1 atom stereocenters. The average Bonchev–Trinajstić information content (AvgIpc) is 2.85. The molecule has 1 fully saturated rings. The van der Waals surface area contributed by atoms with Crippen molar-refractivity contribution in [3.63, 3.8) is 0 Å². The maximum Gasteiger partial charge on any atom is 0.251 e. The lowest BCUT2D eigenvalue weighted by Crippen LogP contribution is -2.57. The molecular weight excluding hydrogens is 304 g/mol. The number of carbonyl (C=O) groups is 2. The van der Waals surface area contributed by atoms with E-state index in [2.05, 4.69) is 19.2 Å². The molecule has 5 nitrogen and oxygen atoms in total. The van der Waals surface area contributed by atoms with E-state index in [0.29, 0.717) is 18.4 Å². The number of aliphatic hydroxyl groups is 1. The van der Waals surface area contributed by atoms with Gasteiger partial charge in [0.1, 0.15) is 0 Å². The minimum Gasteiger partial charge on any atom is -0.394 e. The van der Waals surface area contributed by atoms with Crippen LogP contribution in [-0.2, 0) is 11.2 Å². The molecule has 24 heavy (non-hydrogen) atoms. The Labute approximate surface area is 143 Å². The maximum absolute atomic E-state index is 12.8. The second-order valence-corrected chi connectivity index (χ2v) is 7.73. The number of rotatable bonds is 3. The van der Waals surface area contributed by atoms with Crippen LogP contribution >= 0.6 is 0 Å². The molecule has 3 rings (SSSR count). The molecular formula is C19H26N2O3. The first-order chi connectivity index (χ1) is 11.3. The highest BCUT2D eigenvalue weighted by Crippen LogP contribution is 2.45. The number of hydrogen-bond acceptors (Lipinski definition) is 3. The minimum absolute atomic E-state index is 0.0477. The topological polar surface area (TPSA) is 69.6 Å². The van der Waals surface area contributed by atoms with Gasteiger partial charge in [0.05, 0.1) is 12.1 Å². The van der Waals surface area contributed by atoms with Crippen molar-refractivity contribution in [1.82, 2.24) is 5.32 Å². The molecule has 2 aliphatic rings. The van der Waals surface area contributed by atoms with E-state index in [9.17, 15) is 14.7 Å². The first-order valence-electron chi connectivity index (χ1n) is 8.62. The molecule has 1 aliphatic carbocycles. The summed E-state index contributed by atoms with van der Waals surface area (Å²) in [6, 6.07) is 5.48. The van der Waals surface area contributed by atoms with Crippen LogP contribution in [0.5, 0.6) is 0 Å². The van der Waals surface area contributed by atoms with Crippen molar-refractivity contribution in [2.24, 2.45) is 5.41 Å². The van der Waals surface area contributed by atoms with Gasteiger partial charge in [-0.2, -0.15) is 0 Å². The standard InChI is InChI=1S/C19H26N2O3/c1-18(2)9-4-10-19(18,12-22)20-17(24)14-5-7-15-13(11-14)6-8-16(23)21(15)3/h5,7,11,22H,4,6,8-10,12H2,1-3H3,(H,20,24). The first kappa shape index (κ1) is 17.0. The summed E-state index contributed by atoms with van der Waals surface area (Å²) in [6.07, 6.45) is 3.93. The lowest BCUT2D eigenvalue weighted by Gasteiger charge is -2.41. The smallest absolute Gasteiger partial charge is 0.251 e. The highest BCUT2D eigenvalue weighted by molar-refractivity contribution is 5.99. The fourth-order valence-electron chi connectivity index (χ4n) is 4.06. The van der Waals surface area contributed by atoms with Crippen LogP contribution in [0.3, 0.4) is 0 Å². The quantitative estimate of drug-likeness (QED) is 0.893. The van der Waals surface area contributed by atoms with Crippen molar-refractivity contribution in [2.45, 2.75) is 51.5 Å². The van der Waals surface area contributed by atoms with Gasteiger partial charge in [0, 0.05) is 24.7 Å². The number of fused-ring (bicyclic) bond motifs is 1. The monoisotopic (exact) mass is 330 g/mol. The van der Waals surface area contributed by atoms with E-state index >= 15 is 0 Å². The number of anilines is 1. The molecule has 2 N–H and O–H groups in total. The summed E-state index contributed by atoms with van der Waals surface area (Å²) in [7, 11) is 1.77. The van der Waals surface area contributed by atoms with E-state index in [1.165, 1.54) is 0 Å². The van der Waals surface area contributed by atoms with Crippen LogP contribution in [-0.4, -0.2) is 36.1 Å². The number of benzene rings is 1. The third kappa shape index (κ3) is 2.61. The van der Waals surface area contributed by atoms with Crippen LogP contribution in [0, 0.1) is 5.41 Å². The Morgan fingerprint density at radius 2 is 2.04 bits per heavy atom. The molecule has 1 unspecified atom stereocenters. The number of carbonyl (C=O) groups excluding carboxylic acids is 2. The predicted octanol–water partition coefficient (Wildman–Crippen LogP) is 2.27. The molecule has 5 heteroatoms. The van der Waals surface area contributed by atoms with Crippen molar-refractivity contribution in [3.05, 3.63) is 29.3 Å². The fraction of sp³-hybridized carbons (Fsp3) is 0.579. The first-order valence-corrected chi connectivity index (χ1v) is 8.62. The van der Waals surface area contributed by atoms with Crippen molar-refractivity contribution >= 4 is 17.5 Å². The van der Waals surface area contributed by atoms with Gasteiger partial charge in [-0.1, -0.05) is 20.3 Å². The Kier molecular flexibility index (Phi) is 4.16. The van der Waals surface area contributed by atoms with E-state index in [1.54, 1.807) is 18.0 Å². The highest BCUT2D eigenvalue weighted by Gasteiger charge is 2.49. The lowest BCUT2D eigenvalue weighted by molar-refractivity contribution is -0.118. The molecule has 1 saturated carbocycles. The number of nitrogens with one attached hydrogen (secondary N) is 1. The van der Waals surface area contributed by atoms with Crippen LogP contribution < -0.4 is 10.2 Å². The predicted molar refractivity (Wildman–Crippen MR) is 93.1 cm³/mol. The number of hydrogen-bond donors (Lipinski definition) is 2. The summed E-state index contributed by atoms with van der Waals surface area (Å²) in [6.45, 7) is 4.15. The Bertz CT molecular complexity index is 683. The molecule has 1 heterocycles. The fourth-order valence-corrected chi connectivity index (χ4v) is 4.06. The van der Waals surface area contributed by atoms with Gasteiger partial charge in [-0.15, -0.1) is 0 Å². The maximum atomic E-state index is 12.8. The van der Waals surface area contributed by atoms with Crippen molar-refractivity contribution in [2.75, 3.05) is 18.6 Å². The molecule has 0 aromatic heterocycles. The summed E-state index contributed by atoms with van der Waals surface area (Å²) in [4.78, 5) is 26.2. The third-order valence-electron chi connectivity index (χ3n) is 6.01. The zero-order valence-corrected chi connectivity index (χ0v) is 14.7. The van der Waals surface area contributed by atoms with Gasteiger partial charge in [-0.3, -0.25) is 9.59 Å². The second kappa shape index (κ2) is 5.88. The van der Waals surface area contributed by atoms with E-state index in [4.69, 9.17) is 0 Å². The largest absolute Gasteiger partial charge is 0.394 e. The minimum atomic E-state index is -0.563. The van der Waals surface area contributed by atoms with Gasteiger partial charge in [0.2, 0.25) is 5.91 Å². The summed E-state index contributed by atoms with van der Waals surface area (Å²) in [5.74, 6) is -0.0481. The zero-order valence-electron chi connectivity index (χ0n) is 14.7. The molecule has 0 saturated heterocycles. The van der Waals surface area contributed by atoms with E-state index in [-0.39, 0.29) is 23.8 Å². The van der Waals surface area contributed by atoms with Crippen molar-refractivity contribution < 1.29 is 14.7 Å². The van der Waals surface area contributed by atoms with Gasteiger partial charge in [0.25, 0.3) is 5.91 Å². The SMILES string of the molecule is CN1C(=O)CCc2cc(C(=O)NC3(CO)CCCC3(C)C)ccc21. The molecule has 0 radical (unpaired) electrons. The van der Waals surface area contributed by atoms with Gasteiger partial charge in [-0.25, -0.2) is 0 Å². The normalized spacial score (nSPS) is 25.5. The Hall–Kier alpha value is -1.88. The number of amides is 2. The molecule has 0 bridgehead atoms. The zero-order chi connectivity index (χ0) is 17.5. The molecule has 2 amide bonds. The van der Waals surface area contributed by atoms with Crippen LogP contribution in [0.1, 0.15) is 55.5 Å². The van der Waals surface area contributed by atoms with E-state index in [0.717, 1.165) is 30.5 Å². The van der Waals surface area contributed by atoms with Crippen molar-refractivity contribution in [3.8, 4) is 0 Å².